The van der Waals surface area contributed by atoms with Gasteiger partial charge in [-0.15, -0.1) is 0 Å². The standard InChI is InChI=1S/C26H38N4O7/c1-16-9-6-7-12-18(16)22(23(33)28-15-21(32)36-5)30(17-10-8-11-17)24(34)19(13-14-20(27)31)29-25(35)37-26(2,3)4/h6-7,9,12,17,19,22H,8,10-11,13-15H2,1-5H3,(H2,27,31)(H,28,33)(H,29,35). The monoisotopic (exact) mass is 518 g/mol. The minimum Gasteiger partial charge on any atom is -0.468 e. The van der Waals surface area contributed by atoms with Crippen LogP contribution in [0, 0.1) is 6.92 Å². The maximum Gasteiger partial charge on any atom is 0.408 e. The summed E-state index contributed by atoms with van der Waals surface area (Å²) in [6.07, 6.45) is 1.13. The van der Waals surface area contributed by atoms with Gasteiger partial charge in [0.15, 0.2) is 0 Å². The Kier molecular flexibility index (Phi) is 10.5. The van der Waals surface area contributed by atoms with E-state index in [9.17, 15) is 24.0 Å². The summed E-state index contributed by atoms with van der Waals surface area (Å²) in [6.45, 7) is 6.52. The van der Waals surface area contributed by atoms with Crippen LogP contribution in [0.25, 0.3) is 0 Å². The second-order valence-electron chi connectivity index (χ2n) is 10.1. The third-order valence-electron chi connectivity index (χ3n) is 6.04. The second-order valence-corrected chi connectivity index (χ2v) is 10.1. The van der Waals surface area contributed by atoms with Crippen LogP contribution in [0.4, 0.5) is 4.79 Å². The minimum atomic E-state index is -1.16. The molecule has 2 atom stereocenters. The van der Waals surface area contributed by atoms with Crippen molar-refractivity contribution in [2.45, 2.75) is 83.5 Å². The van der Waals surface area contributed by atoms with Crippen molar-refractivity contribution < 1.29 is 33.4 Å². The Hall–Kier alpha value is -3.63. The van der Waals surface area contributed by atoms with Crippen molar-refractivity contribution in [3.63, 3.8) is 0 Å². The quantitative estimate of drug-likeness (QED) is 0.377. The van der Waals surface area contributed by atoms with Crippen molar-refractivity contribution in [3.05, 3.63) is 35.4 Å². The van der Waals surface area contributed by atoms with Gasteiger partial charge < -0.3 is 30.7 Å². The molecule has 11 heteroatoms. The molecule has 0 bridgehead atoms. The highest BCUT2D eigenvalue weighted by Gasteiger charge is 2.42. The highest BCUT2D eigenvalue weighted by atomic mass is 16.6. The van der Waals surface area contributed by atoms with Crippen LogP contribution < -0.4 is 16.4 Å². The van der Waals surface area contributed by atoms with E-state index in [4.69, 9.17) is 10.5 Å². The Morgan fingerprint density at radius 1 is 1.14 bits per heavy atom. The SMILES string of the molecule is COC(=O)CNC(=O)C(c1ccccc1C)N(C(=O)C(CCC(N)=O)NC(=O)OC(C)(C)C)C1CCC1. The summed E-state index contributed by atoms with van der Waals surface area (Å²) in [7, 11) is 1.21. The smallest absolute Gasteiger partial charge is 0.408 e. The van der Waals surface area contributed by atoms with Gasteiger partial charge in [-0.25, -0.2) is 4.79 Å². The normalized spacial score (nSPS) is 14.9. The molecule has 37 heavy (non-hydrogen) atoms. The molecular weight excluding hydrogens is 480 g/mol. The number of nitrogens with two attached hydrogens (primary N) is 1. The number of carbonyl (C=O) groups excluding carboxylic acids is 5. The first-order valence-electron chi connectivity index (χ1n) is 12.3. The van der Waals surface area contributed by atoms with Gasteiger partial charge in [-0.2, -0.15) is 0 Å². The van der Waals surface area contributed by atoms with E-state index in [0.29, 0.717) is 18.4 Å². The van der Waals surface area contributed by atoms with Crippen LogP contribution in [0.15, 0.2) is 24.3 Å². The fourth-order valence-electron chi connectivity index (χ4n) is 4.00. The predicted molar refractivity (Wildman–Crippen MR) is 135 cm³/mol. The van der Waals surface area contributed by atoms with Crippen molar-refractivity contribution in [1.82, 2.24) is 15.5 Å². The molecule has 4 amide bonds. The molecule has 11 nitrogen and oxygen atoms in total. The first-order chi connectivity index (χ1) is 17.3. The summed E-state index contributed by atoms with van der Waals surface area (Å²) in [5.74, 6) is -2.38. The molecule has 1 aliphatic rings. The van der Waals surface area contributed by atoms with Crippen LogP contribution >= 0.6 is 0 Å². The number of carbonyl (C=O) groups is 5. The number of ether oxygens (including phenoxy) is 2. The molecule has 2 rings (SSSR count). The van der Waals surface area contributed by atoms with E-state index >= 15 is 0 Å². The molecule has 0 spiro atoms. The van der Waals surface area contributed by atoms with E-state index in [-0.39, 0.29) is 25.4 Å². The Bertz CT molecular complexity index is 1000. The lowest BCUT2D eigenvalue weighted by Gasteiger charge is -2.44. The molecule has 1 fully saturated rings. The zero-order chi connectivity index (χ0) is 27.8. The molecule has 204 valence electrons. The zero-order valence-corrected chi connectivity index (χ0v) is 22.2. The number of rotatable bonds is 11. The van der Waals surface area contributed by atoms with Crippen LogP contribution in [0.3, 0.4) is 0 Å². The molecule has 1 saturated carbocycles. The van der Waals surface area contributed by atoms with Crippen LogP contribution in [0.5, 0.6) is 0 Å². The molecule has 0 heterocycles. The van der Waals surface area contributed by atoms with E-state index in [0.717, 1.165) is 12.0 Å². The molecule has 1 aliphatic carbocycles. The third kappa shape index (κ3) is 8.76. The second kappa shape index (κ2) is 13.1. The largest absolute Gasteiger partial charge is 0.468 e. The van der Waals surface area contributed by atoms with Gasteiger partial charge in [0.1, 0.15) is 24.2 Å². The van der Waals surface area contributed by atoms with E-state index in [1.54, 1.807) is 32.9 Å². The summed E-state index contributed by atoms with van der Waals surface area (Å²) >= 11 is 0. The number of aryl methyl sites for hydroxylation is 1. The van der Waals surface area contributed by atoms with Crippen LogP contribution in [-0.4, -0.2) is 66.0 Å². The number of hydrogen-bond acceptors (Lipinski definition) is 7. The van der Waals surface area contributed by atoms with Gasteiger partial charge in [-0.3, -0.25) is 19.2 Å². The van der Waals surface area contributed by atoms with E-state index in [1.165, 1.54) is 12.0 Å². The number of alkyl carbamates (subject to hydrolysis) is 1. The molecular formula is C26H38N4O7. The third-order valence-corrected chi connectivity index (χ3v) is 6.04. The number of benzene rings is 1. The molecule has 0 aromatic heterocycles. The molecule has 0 saturated heterocycles. The molecule has 1 aromatic rings. The average Bonchev–Trinajstić information content (AvgIpc) is 2.77. The summed E-state index contributed by atoms with van der Waals surface area (Å²) in [6, 6.07) is 4.62. The number of primary amides is 1. The van der Waals surface area contributed by atoms with E-state index in [2.05, 4.69) is 15.4 Å². The first kappa shape index (κ1) is 29.6. The Balaban J connectivity index is 2.49. The van der Waals surface area contributed by atoms with Crippen molar-refractivity contribution in [2.24, 2.45) is 5.73 Å². The van der Waals surface area contributed by atoms with Crippen LogP contribution in [0.2, 0.25) is 0 Å². The van der Waals surface area contributed by atoms with Crippen molar-refractivity contribution >= 4 is 29.8 Å². The van der Waals surface area contributed by atoms with Gasteiger partial charge in [0.2, 0.25) is 17.7 Å². The highest BCUT2D eigenvalue weighted by Crippen LogP contribution is 2.35. The predicted octanol–water partition coefficient (Wildman–Crippen LogP) is 1.87. The summed E-state index contributed by atoms with van der Waals surface area (Å²) < 4.78 is 9.96. The summed E-state index contributed by atoms with van der Waals surface area (Å²) in [4.78, 5) is 64.9. The lowest BCUT2D eigenvalue weighted by atomic mass is 9.87. The first-order valence-corrected chi connectivity index (χ1v) is 12.3. The van der Waals surface area contributed by atoms with Gasteiger partial charge in [0, 0.05) is 12.5 Å². The van der Waals surface area contributed by atoms with Crippen LogP contribution in [-0.2, 0) is 28.7 Å². The Morgan fingerprint density at radius 3 is 2.30 bits per heavy atom. The number of nitrogens with one attached hydrogen (secondary N) is 2. The number of hydrogen-bond donors (Lipinski definition) is 3. The van der Waals surface area contributed by atoms with Crippen molar-refractivity contribution in [2.75, 3.05) is 13.7 Å². The fraction of sp³-hybridized carbons (Fsp3) is 0.577. The molecule has 0 radical (unpaired) electrons. The minimum absolute atomic E-state index is 0.0686. The fourth-order valence-corrected chi connectivity index (χ4v) is 4.00. The van der Waals surface area contributed by atoms with E-state index in [1.807, 2.05) is 19.1 Å². The average molecular weight is 519 g/mol. The number of amides is 4. The maximum atomic E-state index is 14.0. The van der Waals surface area contributed by atoms with Crippen LogP contribution in [0.1, 0.15) is 70.0 Å². The number of methoxy groups -OCH3 is 1. The lowest BCUT2D eigenvalue weighted by molar-refractivity contribution is -0.148. The van der Waals surface area contributed by atoms with Gasteiger partial charge in [-0.05, 0) is 64.5 Å². The molecule has 2 unspecified atom stereocenters. The molecule has 1 aromatic carbocycles. The topological polar surface area (TPSA) is 157 Å². The van der Waals surface area contributed by atoms with Gasteiger partial charge in [0.25, 0.3) is 0 Å². The van der Waals surface area contributed by atoms with Gasteiger partial charge >= 0.3 is 12.1 Å². The number of esters is 1. The maximum absolute atomic E-state index is 14.0. The van der Waals surface area contributed by atoms with Gasteiger partial charge in [-0.1, -0.05) is 24.3 Å². The molecule has 4 N–H and O–H groups in total. The summed E-state index contributed by atoms with van der Waals surface area (Å²) in [5, 5.41) is 5.13. The Morgan fingerprint density at radius 2 is 1.78 bits per heavy atom. The molecule has 0 aliphatic heterocycles. The zero-order valence-electron chi connectivity index (χ0n) is 22.2. The Labute approximate surface area is 217 Å². The van der Waals surface area contributed by atoms with E-state index < -0.39 is 47.5 Å². The highest BCUT2D eigenvalue weighted by molar-refractivity contribution is 5.94. The number of nitrogens with zero attached hydrogens (tertiary/aromatic N) is 1. The summed E-state index contributed by atoms with van der Waals surface area (Å²) in [5.41, 5.74) is 5.87. The van der Waals surface area contributed by atoms with Crippen molar-refractivity contribution in [3.8, 4) is 0 Å². The van der Waals surface area contributed by atoms with Gasteiger partial charge in [0.05, 0.1) is 7.11 Å². The van der Waals surface area contributed by atoms with Crippen molar-refractivity contribution in [1.29, 1.82) is 0 Å². The lowest BCUT2D eigenvalue weighted by Crippen LogP contribution is -2.58.